The van der Waals surface area contributed by atoms with Crippen LogP contribution in [0.1, 0.15) is 32.6 Å². The van der Waals surface area contributed by atoms with Gasteiger partial charge < -0.3 is 4.90 Å². The third-order valence-corrected chi connectivity index (χ3v) is 4.85. The average molecular weight is 259 g/mol. The van der Waals surface area contributed by atoms with Gasteiger partial charge in [-0.15, -0.1) is 6.58 Å². The van der Waals surface area contributed by atoms with Crippen LogP contribution in [-0.2, 0) is 14.6 Å². The molecule has 98 valence electrons. The van der Waals surface area contributed by atoms with Crippen molar-refractivity contribution in [2.24, 2.45) is 0 Å². The molecule has 0 aromatic heterocycles. The molecule has 5 heteroatoms. The summed E-state index contributed by atoms with van der Waals surface area (Å²) in [6.07, 6.45) is 6.92. The Bertz CT molecular complexity index is 383. The lowest BCUT2D eigenvalue weighted by molar-refractivity contribution is -0.132. The number of nitrogens with zero attached hydrogens (tertiary/aromatic N) is 1. The lowest BCUT2D eigenvalue weighted by Crippen LogP contribution is -2.46. The predicted molar refractivity (Wildman–Crippen MR) is 68.5 cm³/mol. The quantitative estimate of drug-likeness (QED) is 0.701. The summed E-state index contributed by atoms with van der Waals surface area (Å²) >= 11 is 0. The zero-order valence-corrected chi connectivity index (χ0v) is 11.4. The van der Waals surface area contributed by atoms with E-state index in [1.807, 2.05) is 0 Å². The molecule has 0 unspecified atom stereocenters. The molecule has 0 aromatic carbocycles. The molecule has 1 aliphatic rings. The number of hydrogen-bond acceptors (Lipinski definition) is 3. The Morgan fingerprint density at radius 1 is 1.47 bits per heavy atom. The fraction of sp³-hybridized carbons (Fsp3) is 0.750. The molecule has 1 atom stereocenters. The minimum absolute atomic E-state index is 0.185. The normalized spacial score (nSPS) is 18.9. The first-order chi connectivity index (χ1) is 7.88. The predicted octanol–water partition coefficient (Wildman–Crippen LogP) is 1.38. The van der Waals surface area contributed by atoms with E-state index in [9.17, 15) is 13.2 Å². The number of hydrogen-bond donors (Lipinski definition) is 0. The van der Waals surface area contributed by atoms with Crippen molar-refractivity contribution in [2.75, 3.05) is 12.8 Å². The Balaban J connectivity index is 2.83. The molecule has 0 aromatic rings. The van der Waals surface area contributed by atoms with E-state index in [-0.39, 0.29) is 11.9 Å². The van der Waals surface area contributed by atoms with Gasteiger partial charge in [-0.2, -0.15) is 0 Å². The number of rotatable bonds is 5. The van der Waals surface area contributed by atoms with Gasteiger partial charge in [0.05, 0.1) is 0 Å². The van der Waals surface area contributed by atoms with Crippen molar-refractivity contribution < 1.29 is 13.2 Å². The van der Waals surface area contributed by atoms with Gasteiger partial charge in [-0.3, -0.25) is 4.79 Å². The smallest absolute Gasteiger partial charge is 0.241 e. The van der Waals surface area contributed by atoms with Crippen LogP contribution in [0.15, 0.2) is 12.7 Å². The summed E-state index contributed by atoms with van der Waals surface area (Å²) < 4.78 is 22.8. The van der Waals surface area contributed by atoms with E-state index in [1.54, 1.807) is 11.0 Å². The van der Waals surface area contributed by atoms with Crippen molar-refractivity contribution in [1.29, 1.82) is 0 Å². The fourth-order valence-corrected chi connectivity index (χ4v) is 2.69. The van der Waals surface area contributed by atoms with Crippen molar-refractivity contribution in [3.05, 3.63) is 12.7 Å². The molecule has 1 aliphatic carbocycles. The highest BCUT2D eigenvalue weighted by Crippen LogP contribution is 2.24. The molecule has 0 radical (unpaired) electrons. The van der Waals surface area contributed by atoms with Gasteiger partial charge in [0.15, 0.2) is 9.84 Å². The molecule has 17 heavy (non-hydrogen) atoms. The van der Waals surface area contributed by atoms with Crippen molar-refractivity contribution >= 4 is 15.7 Å². The Labute approximate surface area is 104 Å². The van der Waals surface area contributed by atoms with Crippen LogP contribution >= 0.6 is 0 Å². The van der Waals surface area contributed by atoms with Gasteiger partial charge in [-0.05, 0) is 19.8 Å². The first-order valence-electron chi connectivity index (χ1n) is 5.98. The second-order valence-electron chi connectivity index (χ2n) is 4.69. The SMILES string of the molecule is C=CCN(C(=O)[C@@H](C)S(C)(=O)=O)C1CCCC1. The van der Waals surface area contributed by atoms with Crippen LogP contribution < -0.4 is 0 Å². The summed E-state index contributed by atoms with van der Waals surface area (Å²) in [6.45, 7) is 5.53. The van der Waals surface area contributed by atoms with Gasteiger partial charge in [-0.1, -0.05) is 18.9 Å². The lowest BCUT2D eigenvalue weighted by Gasteiger charge is -2.29. The van der Waals surface area contributed by atoms with Crippen molar-refractivity contribution in [3.8, 4) is 0 Å². The maximum absolute atomic E-state index is 12.2. The third-order valence-electron chi connectivity index (χ3n) is 3.36. The van der Waals surface area contributed by atoms with Gasteiger partial charge >= 0.3 is 0 Å². The molecule has 0 saturated heterocycles. The zero-order chi connectivity index (χ0) is 13.1. The molecular formula is C12H21NO3S. The highest BCUT2D eigenvalue weighted by Gasteiger charge is 2.32. The van der Waals surface area contributed by atoms with Gasteiger partial charge in [0, 0.05) is 18.8 Å². The van der Waals surface area contributed by atoms with Gasteiger partial charge in [-0.25, -0.2) is 8.42 Å². The van der Waals surface area contributed by atoms with Gasteiger partial charge in [0.25, 0.3) is 0 Å². The highest BCUT2D eigenvalue weighted by molar-refractivity contribution is 7.92. The van der Waals surface area contributed by atoms with Crippen LogP contribution in [0.4, 0.5) is 0 Å². The van der Waals surface area contributed by atoms with E-state index in [1.165, 1.54) is 6.92 Å². The van der Waals surface area contributed by atoms with Crippen molar-refractivity contribution in [2.45, 2.75) is 43.9 Å². The maximum Gasteiger partial charge on any atom is 0.241 e. The van der Waals surface area contributed by atoms with Crippen LogP contribution in [0.5, 0.6) is 0 Å². The van der Waals surface area contributed by atoms with E-state index in [4.69, 9.17) is 0 Å². The summed E-state index contributed by atoms with van der Waals surface area (Å²) in [6, 6.07) is 0.185. The Morgan fingerprint density at radius 2 is 2.00 bits per heavy atom. The van der Waals surface area contributed by atoms with Crippen LogP contribution in [0.3, 0.4) is 0 Å². The monoisotopic (exact) mass is 259 g/mol. The third kappa shape index (κ3) is 3.56. The highest BCUT2D eigenvalue weighted by atomic mass is 32.2. The summed E-state index contributed by atoms with van der Waals surface area (Å²) in [7, 11) is -3.32. The van der Waals surface area contributed by atoms with E-state index >= 15 is 0 Å². The molecule has 1 fully saturated rings. The maximum atomic E-state index is 12.2. The average Bonchev–Trinajstić information content (AvgIpc) is 2.75. The first kappa shape index (κ1) is 14.2. The lowest BCUT2D eigenvalue weighted by atomic mass is 10.2. The second-order valence-corrected chi connectivity index (χ2v) is 7.06. The standard InChI is InChI=1S/C12H21NO3S/c1-4-9-13(11-7-5-6-8-11)12(14)10(2)17(3,15)16/h4,10-11H,1,5-9H2,2-3H3/t10-/m1/s1. The first-order valence-corrected chi connectivity index (χ1v) is 7.93. The molecule has 1 rings (SSSR count). The Kier molecular flexibility index (Phi) is 4.74. The second kappa shape index (κ2) is 5.67. The molecular weight excluding hydrogens is 238 g/mol. The van der Waals surface area contributed by atoms with Gasteiger partial charge in [0.1, 0.15) is 5.25 Å². The zero-order valence-electron chi connectivity index (χ0n) is 10.6. The molecule has 1 amide bonds. The van der Waals surface area contributed by atoms with Crippen molar-refractivity contribution in [3.63, 3.8) is 0 Å². The van der Waals surface area contributed by atoms with Crippen LogP contribution in [0.25, 0.3) is 0 Å². The van der Waals surface area contributed by atoms with Crippen LogP contribution in [-0.4, -0.2) is 43.3 Å². The largest absolute Gasteiger partial charge is 0.335 e. The number of amides is 1. The molecule has 0 aliphatic heterocycles. The summed E-state index contributed by atoms with van der Waals surface area (Å²) in [5.74, 6) is -0.292. The van der Waals surface area contributed by atoms with E-state index in [0.717, 1.165) is 31.9 Å². The Morgan fingerprint density at radius 3 is 2.41 bits per heavy atom. The molecule has 0 N–H and O–H groups in total. The number of carbonyl (C=O) groups excluding carboxylic acids is 1. The van der Waals surface area contributed by atoms with Crippen molar-refractivity contribution in [1.82, 2.24) is 4.90 Å². The summed E-state index contributed by atoms with van der Waals surface area (Å²) in [5, 5.41) is -0.956. The van der Waals surface area contributed by atoms with E-state index < -0.39 is 15.1 Å². The van der Waals surface area contributed by atoms with Gasteiger partial charge in [0.2, 0.25) is 5.91 Å². The summed E-state index contributed by atoms with van der Waals surface area (Å²) in [5.41, 5.74) is 0. The van der Waals surface area contributed by atoms with Crippen LogP contribution in [0.2, 0.25) is 0 Å². The molecule has 0 bridgehead atoms. The fourth-order valence-electron chi connectivity index (χ4n) is 2.19. The summed E-state index contributed by atoms with van der Waals surface area (Å²) in [4.78, 5) is 13.8. The Hall–Kier alpha value is -0.840. The topological polar surface area (TPSA) is 54.5 Å². The van der Waals surface area contributed by atoms with E-state index in [0.29, 0.717) is 6.54 Å². The molecule has 0 heterocycles. The number of carbonyl (C=O) groups is 1. The number of sulfone groups is 1. The minimum Gasteiger partial charge on any atom is -0.335 e. The van der Waals surface area contributed by atoms with E-state index in [2.05, 4.69) is 6.58 Å². The minimum atomic E-state index is -3.32. The molecule has 0 spiro atoms. The molecule has 4 nitrogen and oxygen atoms in total. The van der Waals surface area contributed by atoms with Crippen LogP contribution in [0, 0.1) is 0 Å². The molecule has 1 saturated carbocycles.